The van der Waals surface area contributed by atoms with E-state index in [9.17, 15) is 14.0 Å². The molecule has 0 radical (unpaired) electrons. The molecule has 1 unspecified atom stereocenters. The molecule has 6 nitrogen and oxygen atoms in total. The Bertz CT molecular complexity index is 530. The first kappa shape index (κ1) is 15.2. The fourth-order valence-electron chi connectivity index (χ4n) is 2.21. The van der Waals surface area contributed by atoms with Crippen molar-refractivity contribution in [3.8, 4) is 0 Å². The lowest BCUT2D eigenvalue weighted by atomic mass is 10.1. The van der Waals surface area contributed by atoms with Crippen molar-refractivity contribution in [2.24, 2.45) is 0 Å². The normalized spacial score (nSPS) is 17.5. The Morgan fingerprint density at radius 1 is 1.43 bits per heavy atom. The molecular formula is C14H17FN2O4. The van der Waals surface area contributed by atoms with E-state index in [4.69, 9.17) is 9.84 Å². The van der Waals surface area contributed by atoms with Crippen LogP contribution in [0.4, 0.5) is 14.9 Å². The Morgan fingerprint density at radius 2 is 2.24 bits per heavy atom. The molecule has 1 atom stereocenters. The van der Waals surface area contributed by atoms with Gasteiger partial charge in [0.25, 0.3) is 0 Å². The van der Waals surface area contributed by atoms with Gasteiger partial charge in [0, 0.05) is 13.2 Å². The summed E-state index contributed by atoms with van der Waals surface area (Å²) in [6, 6.07) is 2.96. The first-order valence-corrected chi connectivity index (χ1v) is 6.76. The number of carbonyl (C=O) groups is 2. The quantitative estimate of drug-likeness (QED) is 0.777. The third kappa shape index (κ3) is 4.16. The van der Waals surface area contributed by atoms with Crippen molar-refractivity contribution in [2.75, 3.05) is 18.5 Å². The summed E-state index contributed by atoms with van der Waals surface area (Å²) in [4.78, 5) is 22.7. The summed E-state index contributed by atoms with van der Waals surface area (Å²) in [6.07, 6.45) is 2.82. The van der Waals surface area contributed by atoms with Gasteiger partial charge < -0.3 is 20.5 Å². The minimum absolute atomic E-state index is 0.147. The monoisotopic (exact) mass is 296 g/mol. The molecule has 0 aromatic heterocycles. The van der Waals surface area contributed by atoms with E-state index in [1.165, 1.54) is 12.1 Å². The summed E-state index contributed by atoms with van der Waals surface area (Å²) in [5.74, 6) is -2.09. The number of ether oxygens (including phenoxy) is 1. The van der Waals surface area contributed by atoms with Crippen LogP contribution in [-0.4, -0.2) is 36.4 Å². The number of carbonyl (C=O) groups excluding carboxylic acids is 1. The zero-order chi connectivity index (χ0) is 15.2. The van der Waals surface area contributed by atoms with Crippen LogP contribution in [0.2, 0.25) is 0 Å². The SMILES string of the molecule is O=C(NCCC1CCCO1)Nc1c(F)cccc1C(=O)O. The highest BCUT2D eigenvalue weighted by Crippen LogP contribution is 2.19. The van der Waals surface area contributed by atoms with Crippen molar-refractivity contribution in [1.82, 2.24) is 5.32 Å². The molecule has 1 heterocycles. The maximum atomic E-state index is 13.6. The number of hydrogen-bond donors (Lipinski definition) is 3. The van der Waals surface area contributed by atoms with E-state index in [2.05, 4.69) is 10.6 Å². The van der Waals surface area contributed by atoms with Crippen LogP contribution in [0.3, 0.4) is 0 Å². The molecular weight excluding hydrogens is 279 g/mol. The van der Waals surface area contributed by atoms with E-state index in [0.717, 1.165) is 25.5 Å². The Morgan fingerprint density at radius 3 is 2.90 bits per heavy atom. The lowest BCUT2D eigenvalue weighted by Crippen LogP contribution is -2.32. The van der Waals surface area contributed by atoms with Crippen LogP contribution in [0.15, 0.2) is 18.2 Å². The molecule has 1 aromatic rings. The second kappa shape index (κ2) is 7.03. The predicted molar refractivity (Wildman–Crippen MR) is 74.0 cm³/mol. The van der Waals surface area contributed by atoms with E-state index in [1.54, 1.807) is 0 Å². The number of hydrogen-bond acceptors (Lipinski definition) is 3. The average molecular weight is 296 g/mol. The molecule has 3 N–H and O–H groups in total. The largest absolute Gasteiger partial charge is 0.478 e. The van der Waals surface area contributed by atoms with Crippen LogP contribution >= 0.6 is 0 Å². The van der Waals surface area contributed by atoms with E-state index in [0.29, 0.717) is 13.0 Å². The van der Waals surface area contributed by atoms with Gasteiger partial charge >= 0.3 is 12.0 Å². The number of para-hydroxylation sites is 1. The second-order valence-corrected chi connectivity index (χ2v) is 4.77. The molecule has 0 spiro atoms. The van der Waals surface area contributed by atoms with Crippen LogP contribution in [0, 0.1) is 5.82 Å². The van der Waals surface area contributed by atoms with E-state index in [-0.39, 0.29) is 17.4 Å². The topological polar surface area (TPSA) is 87.7 Å². The van der Waals surface area contributed by atoms with Gasteiger partial charge in [-0.25, -0.2) is 14.0 Å². The molecule has 114 valence electrons. The van der Waals surface area contributed by atoms with E-state index in [1.807, 2.05) is 0 Å². The summed E-state index contributed by atoms with van der Waals surface area (Å²) >= 11 is 0. The van der Waals surface area contributed by atoms with Crippen LogP contribution in [0.25, 0.3) is 0 Å². The summed E-state index contributed by atoms with van der Waals surface area (Å²) in [5.41, 5.74) is -0.621. The third-order valence-corrected chi connectivity index (χ3v) is 3.26. The van der Waals surface area contributed by atoms with Gasteiger partial charge in [0.2, 0.25) is 0 Å². The van der Waals surface area contributed by atoms with Gasteiger partial charge in [0.15, 0.2) is 0 Å². The lowest BCUT2D eigenvalue weighted by molar-refractivity contribution is 0.0697. The molecule has 1 aromatic carbocycles. The van der Waals surface area contributed by atoms with Gasteiger partial charge in [0.05, 0.1) is 17.4 Å². The van der Waals surface area contributed by atoms with Gasteiger partial charge in [-0.1, -0.05) is 6.07 Å². The highest BCUT2D eigenvalue weighted by atomic mass is 19.1. The van der Waals surface area contributed by atoms with Crippen molar-refractivity contribution in [3.63, 3.8) is 0 Å². The summed E-state index contributed by atoms with van der Waals surface area (Å²) in [6.45, 7) is 1.13. The maximum Gasteiger partial charge on any atom is 0.337 e. The fourth-order valence-corrected chi connectivity index (χ4v) is 2.21. The number of urea groups is 1. The highest BCUT2D eigenvalue weighted by molar-refractivity contribution is 6.00. The number of rotatable bonds is 5. The smallest absolute Gasteiger partial charge is 0.337 e. The number of carboxylic acid groups (broad SMARTS) is 1. The standard InChI is InChI=1S/C14H17FN2O4/c15-11-5-1-4-10(13(18)19)12(11)17-14(20)16-7-6-9-3-2-8-21-9/h1,4-5,9H,2-3,6-8H2,(H,18,19)(H2,16,17,20). The number of amides is 2. The summed E-state index contributed by atoms with van der Waals surface area (Å²) in [7, 11) is 0. The average Bonchev–Trinajstić information content (AvgIpc) is 2.94. The Labute approximate surface area is 121 Å². The molecule has 1 fully saturated rings. The van der Waals surface area contributed by atoms with Crippen molar-refractivity contribution in [2.45, 2.75) is 25.4 Å². The van der Waals surface area contributed by atoms with Crippen molar-refractivity contribution in [3.05, 3.63) is 29.6 Å². The van der Waals surface area contributed by atoms with Gasteiger partial charge in [-0.05, 0) is 31.4 Å². The van der Waals surface area contributed by atoms with Crippen molar-refractivity contribution in [1.29, 1.82) is 0 Å². The Kier molecular flexibility index (Phi) is 5.10. The molecule has 1 aliphatic rings. The number of nitrogens with one attached hydrogen (secondary N) is 2. The van der Waals surface area contributed by atoms with Crippen LogP contribution in [0.1, 0.15) is 29.6 Å². The first-order valence-electron chi connectivity index (χ1n) is 6.76. The molecule has 0 saturated carbocycles. The minimum atomic E-state index is -1.30. The number of halogens is 1. The molecule has 2 rings (SSSR count). The predicted octanol–water partition coefficient (Wildman–Crippen LogP) is 2.21. The van der Waals surface area contributed by atoms with E-state index < -0.39 is 17.8 Å². The number of aromatic carboxylic acids is 1. The molecule has 1 aliphatic heterocycles. The Hall–Kier alpha value is -2.15. The number of anilines is 1. The summed E-state index contributed by atoms with van der Waals surface area (Å²) < 4.78 is 19.0. The molecule has 0 aliphatic carbocycles. The summed E-state index contributed by atoms with van der Waals surface area (Å²) in [5, 5.41) is 13.8. The highest BCUT2D eigenvalue weighted by Gasteiger charge is 2.18. The molecule has 7 heteroatoms. The molecule has 2 amide bonds. The number of benzene rings is 1. The lowest BCUT2D eigenvalue weighted by Gasteiger charge is -2.12. The fraction of sp³-hybridized carbons (Fsp3) is 0.429. The maximum absolute atomic E-state index is 13.6. The van der Waals surface area contributed by atoms with Crippen LogP contribution in [-0.2, 0) is 4.74 Å². The molecule has 0 bridgehead atoms. The number of carboxylic acids is 1. The van der Waals surface area contributed by atoms with Gasteiger partial charge in [0.1, 0.15) is 5.82 Å². The molecule has 21 heavy (non-hydrogen) atoms. The minimum Gasteiger partial charge on any atom is -0.478 e. The van der Waals surface area contributed by atoms with Gasteiger partial charge in [-0.3, -0.25) is 0 Å². The van der Waals surface area contributed by atoms with Crippen LogP contribution in [0.5, 0.6) is 0 Å². The van der Waals surface area contributed by atoms with Crippen LogP contribution < -0.4 is 10.6 Å². The molecule has 1 saturated heterocycles. The zero-order valence-corrected chi connectivity index (χ0v) is 11.4. The van der Waals surface area contributed by atoms with Crippen molar-refractivity contribution >= 4 is 17.7 Å². The zero-order valence-electron chi connectivity index (χ0n) is 11.4. The first-order chi connectivity index (χ1) is 10.1. The van der Waals surface area contributed by atoms with Crippen molar-refractivity contribution < 1.29 is 23.8 Å². The van der Waals surface area contributed by atoms with E-state index >= 15 is 0 Å². The van der Waals surface area contributed by atoms with Gasteiger partial charge in [-0.15, -0.1) is 0 Å². The van der Waals surface area contributed by atoms with Gasteiger partial charge in [-0.2, -0.15) is 0 Å². The second-order valence-electron chi connectivity index (χ2n) is 4.77. The third-order valence-electron chi connectivity index (χ3n) is 3.26. The Balaban J connectivity index is 1.88.